The Morgan fingerprint density at radius 2 is 1.83 bits per heavy atom. The lowest BCUT2D eigenvalue weighted by Gasteiger charge is -2.16. The zero-order valence-corrected chi connectivity index (χ0v) is 14.6. The Hall–Kier alpha value is -1.90. The van der Waals surface area contributed by atoms with E-state index in [0.717, 1.165) is 0 Å². The standard InChI is InChI=1S/C16H20FN3O3S/c1-10(2)15-13(8-21)16(11-4-6-12(17)7-5-11)20-14(19-15)9-24(22,23)18-3/h4-7,10,18,21H,8-9H2,1-3H3. The predicted octanol–water partition coefficient (Wildman–Crippen LogP) is 1.95. The quantitative estimate of drug-likeness (QED) is 0.828. The molecular weight excluding hydrogens is 333 g/mol. The fraction of sp³-hybridized carbons (Fsp3) is 0.375. The second-order valence-electron chi connectivity index (χ2n) is 5.64. The second kappa shape index (κ2) is 7.33. The van der Waals surface area contributed by atoms with Gasteiger partial charge in [-0.1, -0.05) is 13.8 Å². The molecule has 1 aromatic carbocycles. The second-order valence-corrected chi connectivity index (χ2v) is 7.56. The number of aliphatic hydroxyl groups is 1. The van der Waals surface area contributed by atoms with Crippen LogP contribution in [0.25, 0.3) is 11.3 Å². The van der Waals surface area contributed by atoms with Gasteiger partial charge in [0.25, 0.3) is 0 Å². The molecule has 0 amide bonds. The minimum absolute atomic E-state index is 0.0367. The van der Waals surface area contributed by atoms with Gasteiger partial charge < -0.3 is 5.11 Å². The summed E-state index contributed by atoms with van der Waals surface area (Å²) in [4.78, 5) is 8.62. The molecule has 0 saturated heterocycles. The summed E-state index contributed by atoms with van der Waals surface area (Å²) >= 11 is 0. The Kier molecular flexibility index (Phi) is 5.63. The van der Waals surface area contributed by atoms with E-state index in [0.29, 0.717) is 22.5 Å². The number of sulfonamides is 1. The number of benzene rings is 1. The van der Waals surface area contributed by atoms with Crippen molar-refractivity contribution in [3.63, 3.8) is 0 Å². The molecule has 1 aromatic heterocycles. The van der Waals surface area contributed by atoms with Gasteiger partial charge in [-0.15, -0.1) is 0 Å². The highest BCUT2D eigenvalue weighted by atomic mass is 32.2. The first-order valence-corrected chi connectivity index (χ1v) is 9.10. The minimum atomic E-state index is -3.54. The van der Waals surface area contributed by atoms with E-state index >= 15 is 0 Å². The van der Waals surface area contributed by atoms with Crippen LogP contribution in [0.4, 0.5) is 4.39 Å². The van der Waals surface area contributed by atoms with Gasteiger partial charge >= 0.3 is 0 Å². The van der Waals surface area contributed by atoms with Crippen molar-refractivity contribution in [3.05, 3.63) is 47.2 Å². The first kappa shape index (κ1) is 18.4. The first-order valence-electron chi connectivity index (χ1n) is 7.45. The number of hydrogen-bond donors (Lipinski definition) is 2. The van der Waals surface area contributed by atoms with Gasteiger partial charge in [0.05, 0.1) is 18.0 Å². The lowest BCUT2D eigenvalue weighted by Crippen LogP contribution is -2.22. The van der Waals surface area contributed by atoms with E-state index in [1.807, 2.05) is 13.8 Å². The molecule has 6 nitrogen and oxygen atoms in total. The van der Waals surface area contributed by atoms with Gasteiger partial charge in [0.1, 0.15) is 17.4 Å². The Morgan fingerprint density at radius 3 is 2.33 bits per heavy atom. The maximum Gasteiger partial charge on any atom is 0.218 e. The molecule has 2 rings (SSSR count). The molecule has 1 heterocycles. The molecular formula is C16H20FN3O3S. The fourth-order valence-electron chi connectivity index (χ4n) is 2.34. The third kappa shape index (κ3) is 4.14. The van der Waals surface area contributed by atoms with Gasteiger partial charge in [0.15, 0.2) is 0 Å². The topological polar surface area (TPSA) is 92.2 Å². The molecule has 0 aliphatic rings. The number of halogens is 1. The summed E-state index contributed by atoms with van der Waals surface area (Å²) < 4.78 is 39.0. The summed E-state index contributed by atoms with van der Waals surface area (Å²) in [6, 6.07) is 5.66. The number of aliphatic hydroxyl groups excluding tert-OH is 1. The summed E-state index contributed by atoms with van der Waals surface area (Å²) in [5.41, 5.74) is 2.10. The van der Waals surface area contributed by atoms with Crippen LogP contribution in [0.3, 0.4) is 0 Å². The van der Waals surface area contributed by atoms with Crippen LogP contribution < -0.4 is 4.72 Å². The summed E-state index contributed by atoms with van der Waals surface area (Å²) in [7, 11) is -2.22. The van der Waals surface area contributed by atoms with Crippen LogP contribution in [0.1, 0.15) is 36.8 Å². The van der Waals surface area contributed by atoms with E-state index < -0.39 is 10.0 Å². The fourth-order valence-corrected chi connectivity index (χ4v) is 2.95. The zero-order chi connectivity index (χ0) is 17.9. The minimum Gasteiger partial charge on any atom is -0.392 e. The van der Waals surface area contributed by atoms with Crippen molar-refractivity contribution < 1.29 is 17.9 Å². The molecule has 0 aliphatic heterocycles. The molecule has 2 aromatic rings. The highest BCUT2D eigenvalue weighted by Crippen LogP contribution is 2.28. The molecule has 0 atom stereocenters. The molecule has 0 unspecified atom stereocenters. The summed E-state index contributed by atoms with van der Waals surface area (Å²) in [5.74, 6) is -0.668. The highest BCUT2D eigenvalue weighted by Gasteiger charge is 2.20. The Bertz CT molecular complexity index is 821. The maximum atomic E-state index is 13.2. The van der Waals surface area contributed by atoms with Crippen molar-refractivity contribution in [2.45, 2.75) is 32.1 Å². The molecule has 8 heteroatoms. The Labute approximate surface area is 140 Å². The van der Waals surface area contributed by atoms with Gasteiger partial charge in [0.2, 0.25) is 10.0 Å². The van der Waals surface area contributed by atoms with Gasteiger partial charge in [-0.2, -0.15) is 0 Å². The Balaban J connectivity index is 2.66. The van der Waals surface area contributed by atoms with Crippen molar-refractivity contribution in [2.24, 2.45) is 0 Å². The van der Waals surface area contributed by atoms with Crippen LogP contribution in [0.5, 0.6) is 0 Å². The van der Waals surface area contributed by atoms with E-state index in [9.17, 15) is 17.9 Å². The average molecular weight is 353 g/mol. The SMILES string of the molecule is CNS(=O)(=O)Cc1nc(-c2ccc(F)cc2)c(CO)c(C(C)C)n1. The summed E-state index contributed by atoms with van der Waals surface area (Å²) in [6.07, 6.45) is 0. The number of hydrogen-bond acceptors (Lipinski definition) is 5. The van der Waals surface area contributed by atoms with E-state index in [4.69, 9.17) is 0 Å². The first-order chi connectivity index (χ1) is 11.3. The third-order valence-electron chi connectivity index (χ3n) is 3.54. The monoisotopic (exact) mass is 353 g/mol. The van der Waals surface area contributed by atoms with E-state index in [-0.39, 0.29) is 29.9 Å². The van der Waals surface area contributed by atoms with Crippen LogP contribution >= 0.6 is 0 Å². The summed E-state index contributed by atoms with van der Waals surface area (Å²) in [6.45, 7) is 3.50. The lowest BCUT2D eigenvalue weighted by atomic mass is 9.99. The number of aromatic nitrogens is 2. The molecule has 0 radical (unpaired) electrons. The average Bonchev–Trinajstić information content (AvgIpc) is 2.54. The maximum absolute atomic E-state index is 13.2. The van der Waals surface area contributed by atoms with Crippen LogP contribution in [0.15, 0.2) is 24.3 Å². The molecule has 0 spiro atoms. The van der Waals surface area contributed by atoms with Gasteiger partial charge in [-0.3, -0.25) is 0 Å². The van der Waals surface area contributed by atoms with Crippen LogP contribution in [0, 0.1) is 5.82 Å². The largest absolute Gasteiger partial charge is 0.392 e. The van der Waals surface area contributed by atoms with Gasteiger partial charge in [0, 0.05) is 11.1 Å². The predicted molar refractivity (Wildman–Crippen MR) is 89.1 cm³/mol. The number of nitrogens with zero attached hydrogens (tertiary/aromatic N) is 2. The van der Waals surface area contributed by atoms with E-state index in [1.54, 1.807) is 0 Å². The van der Waals surface area contributed by atoms with Gasteiger partial charge in [-0.25, -0.2) is 27.5 Å². The third-order valence-corrected chi connectivity index (χ3v) is 4.80. The van der Waals surface area contributed by atoms with Crippen molar-refractivity contribution >= 4 is 10.0 Å². The normalized spacial score (nSPS) is 11.9. The van der Waals surface area contributed by atoms with Crippen molar-refractivity contribution in [1.29, 1.82) is 0 Å². The molecule has 0 fully saturated rings. The molecule has 130 valence electrons. The smallest absolute Gasteiger partial charge is 0.218 e. The molecule has 0 saturated carbocycles. The summed E-state index contributed by atoms with van der Waals surface area (Å²) in [5, 5.41) is 9.75. The molecule has 0 aliphatic carbocycles. The van der Waals surface area contributed by atoms with Crippen molar-refractivity contribution in [3.8, 4) is 11.3 Å². The van der Waals surface area contributed by atoms with Crippen molar-refractivity contribution in [2.75, 3.05) is 7.05 Å². The van der Waals surface area contributed by atoms with Crippen LogP contribution in [0.2, 0.25) is 0 Å². The molecule has 2 N–H and O–H groups in total. The van der Waals surface area contributed by atoms with Crippen LogP contribution in [-0.4, -0.2) is 30.5 Å². The van der Waals surface area contributed by atoms with Crippen molar-refractivity contribution in [1.82, 2.24) is 14.7 Å². The molecule has 0 bridgehead atoms. The van der Waals surface area contributed by atoms with E-state index in [1.165, 1.54) is 31.3 Å². The number of nitrogens with one attached hydrogen (secondary N) is 1. The highest BCUT2D eigenvalue weighted by molar-refractivity contribution is 7.88. The van der Waals surface area contributed by atoms with Gasteiger partial charge in [-0.05, 0) is 37.2 Å². The molecule has 24 heavy (non-hydrogen) atoms. The Morgan fingerprint density at radius 1 is 1.21 bits per heavy atom. The number of rotatable bonds is 6. The van der Waals surface area contributed by atoms with E-state index in [2.05, 4.69) is 14.7 Å². The lowest BCUT2D eigenvalue weighted by molar-refractivity contribution is 0.279. The zero-order valence-electron chi connectivity index (χ0n) is 13.7. The van der Waals surface area contributed by atoms with Crippen LogP contribution in [-0.2, 0) is 22.4 Å².